The summed E-state index contributed by atoms with van der Waals surface area (Å²) in [6.45, 7) is 3.64. The average molecular weight is 265 g/mol. The van der Waals surface area contributed by atoms with Crippen LogP contribution in [0.25, 0.3) is 0 Å². The Morgan fingerprint density at radius 3 is 3.16 bits per heavy atom. The molecule has 2 unspecified atom stereocenters. The van der Waals surface area contributed by atoms with E-state index in [1.165, 1.54) is 12.5 Å². The fourth-order valence-corrected chi connectivity index (χ4v) is 2.78. The van der Waals surface area contributed by atoms with Gasteiger partial charge in [-0.05, 0) is 43.5 Å². The Balaban J connectivity index is 1.38. The predicted octanol–water partition coefficient (Wildman–Crippen LogP) is 2.15. The number of ether oxygens (including phenoxy) is 2. The second-order valence-electron chi connectivity index (χ2n) is 5.42. The van der Waals surface area contributed by atoms with Gasteiger partial charge in [-0.2, -0.15) is 0 Å². The van der Waals surface area contributed by atoms with E-state index in [0.29, 0.717) is 5.92 Å². The van der Waals surface area contributed by atoms with Gasteiger partial charge in [-0.1, -0.05) is 0 Å². The standard InChI is InChI=1S/C15H20FNO2/c16-13-1-2-15-12(7-13)8-14(19-15)9-17-5-3-11-4-6-18-10-11/h1-2,7,11,14,17H,3-6,8-10H2. The van der Waals surface area contributed by atoms with Crippen LogP contribution in [0, 0.1) is 11.7 Å². The van der Waals surface area contributed by atoms with Gasteiger partial charge in [0, 0.05) is 31.7 Å². The SMILES string of the molecule is Fc1ccc2c(c1)CC(CNCCC1CCOC1)O2. The summed E-state index contributed by atoms with van der Waals surface area (Å²) in [5.41, 5.74) is 0.982. The highest BCUT2D eigenvalue weighted by atomic mass is 19.1. The van der Waals surface area contributed by atoms with Gasteiger partial charge in [0.1, 0.15) is 17.7 Å². The molecule has 0 amide bonds. The molecule has 0 spiro atoms. The first-order valence-electron chi connectivity index (χ1n) is 7.05. The molecule has 3 nitrogen and oxygen atoms in total. The molecular formula is C15H20FNO2. The van der Waals surface area contributed by atoms with E-state index in [0.717, 1.165) is 50.5 Å². The van der Waals surface area contributed by atoms with Gasteiger partial charge in [0.2, 0.25) is 0 Å². The zero-order valence-corrected chi connectivity index (χ0v) is 11.0. The summed E-state index contributed by atoms with van der Waals surface area (Å²) in [6, 6.07) is 4.75. The number of rotatable bonds is 5. The van der Waals surface area contributed by atoms with E-state index in [2.05, 4.69) is 5.32 Å². The van der Waals surface area contributed by atoms with Crippen molar-refractivity contribution >= 4 is 0 Å². The third kappa shape index (κ3) is 3.25. The van der Waals surface area contributed by atoms with Gasteiger partial charge in [-0.15, -0.1) is 0 Å². The third-order valence-corrected chi connectivity index (χ3v) is 3.89. The van der Waals surface area contributed by atoms with Crippen LogP contribution in [0.15, 0.2) is 18.2 Å². The molecular weight excluding hydrogens is 245 g/mol. The molecule has 4 heteroatoms. The number of benzene rings is 1. The molecule has 19 heavy (non-hydrogen) atoms. The Bertz CT molecular complexity index is 432. The minimum atomic E-state index is -0.183. The van der Waals surface area contributed by atoms with Gasteiger partial charge in [0.05, 0.1) is 0 Å². The summed E-state index contributed by atoms with van der Waals surface area (Å²) in [4.78, 5) is 0. The van der Waals surface area contributed by atoms with Gasteiger partial charge >= 0.3 is 0 Å². The van der Waals surface area contributed by atoms with Crippen molar-refractivity contribution in [1.29, 1.82) is 0 Å². The average Bonchev–Trinajstić information content (AvgIpc) is 3.02. The maximum Gasteiger partial charge on any atom is 0.123 e. The van der Waals surface area contributed by atoms with Crippen molar-refractivity contribution in [2.24, 2.45) is 5.92 Å². The smallest absolute Gasteiger partial charge is 0.123 e. The van der Waals surface area contributed by atoms with Crippen molar-refractivity contribution in [1.82, 2.24) is 5.32 Å². The highest BCUT2D eigenvalue weighted by Crippen LogP contribution is 2.28. The third-order valence-electron chi connectivity index (χ3n) is 3.89. The molecule has 0 bridgehead atoms. The van der Waals surface area contributed by atoms with E-state index in [-0.39, 0.29) is 11.9 Å². The van der Waals surface area contributed by atoms with Crippen molar-refractivity contribution in [2.45, 2.75) is 25.4 Å². The van der Waals surface area contributed by atoms with Crippen LogP contribution in [0.3, 0.4) is 0 Å². The second kappa shape index (κ2) is 5.88. The normalized spacial score (nSPS) is 25.3. The van der Waals surface area contributed by atoms with Crippen molar-refractivity contribution in [3.63, 3.8) is 0 Å². The number of hydrogen-bond acceptors (Lipinski definition) is 3. The fourth-order valence-electron chi connectivity index (χ4n) is 2.78. The minimum Gasteiger partial charge on any atom is -0.488 e. The molecule has 1 fully saturated rings. The predicted molar refractivity (Wildman–Crippen MR) is 70.9 cm³/mol. The van der Waals surface area contributed by atoms with Crippen LogP contribution in [0.4, 0.5) is 4.39 Å². The molecule has 1 saturated heterocycles. The van der Waals surface area contributed by atoms with Crippen LogP contribution in [-0.2, 0) is 11.2 Å². The maximum atomic E-state index is 13.1. The largest absolute Gasteiger partial charge is 0.488 e. The van der Waals surface area contributed by atoms with E-state index < -0.39 is 0 Å². The number of fused-ring (bicyclic) bond motifs is 1. The van der Waals surface area contributed by atoms with E-state index in [4.69, 9.17) is 9.47 Å². The Morgan fingerprint density at radius 2 is 2.32 bits per heavy atom. The molecule has 2 atom stereocenters. The highest BCUT2D eigenvalue weighted by Gasteiger charge is 2.23. The van der Waals surface area contributed by atoms with Gasteiger partial charge in [0.25, 0.3) is 0 Å². The quantitative estimate of drug-likeness (QED) is 0.827. The molecule has 0 radical (unpaired) electrons. The minimum absolute atomic E-state index is 0.136. The van der Waals surface area contributed by atoms with E-state index in [1.54, 1.807) is 12.1 Å². The molecule has 3 rings (SSSR count). The summed E-state index contributed by atoms with van der Waals surface area (Å²) in [7, 11) is 0. The van der Waals surface area contributed by atoms with Crippen molar-refractivity contribution in [2.75, 3.05) is 26.3 Å². The molecule has 2 aliphatic heterocycles. The molecule has 0 aliphatic carbocycles. The number of nitrogens with one attached hydrogen (secondary N) is 1. The first-order valence-corrected chi connectivity index (χ1v) is 7.05. The summed E-state index contributed by atoms with van der Waals surface area (Å²) in [6.07, 6.45) is 3.28. The second-order valence-corrected chi connectivity index (χ2v) is 5.42. The number of halogens is 1. The molecule has 0 saturated carbocycles. The van der Waals surface area contributed by atoms with Gasteiger partial charge in [-0.25, -0.2) is 4.39 Å². The molecule has 104 valence electrons. The van der Waals surface area contributed by atoms with E-state index >= 15 is 0 Å². The van der Waals surface area contributed by atoms with Crippen LogP contribution >= 0.6 is 0 Å². The molecule has 1 N–H and O–H groups in total. The Hall–Kier alpha value is -1.13. The topological polar surface area (TPSA) is 30.5 Å². The van der Waals surface area contributed by atoms with Crippen LogP contribution in [0.5, 0.6) is 5.75 Å². The fraction of sp³-hybridized carbons (Fsp3) is 0.600. The van der Waals surface area contributed by atoms with Crippen LogP contribution < -0.4 is 10.1 Å². The van der Waals surface area contributed by atoms with E-state index in [1.807, 2.05) is 0 Å². The molecule has 1 aromatic rings. The Morgan fingerprint density at radius 1 is 1.37 bits per heavy atom. The molecule has 2 aliphatic rings. The maximum absolute atomic E-state index is 13.1. The van der Waals surface area contributed by atoms with Crippen molar-refractivity contribution in [3.05, 3.63) is 29.6 Å². The van der Waals surface area contributed by atoms with Crippen LogP contribution in [-0.4, -0.2) is 32.4 Å². The summed E-state index contributed by atoms with van der Waals surface area (Å²) in [5.74, 6) is 1.36. The number of hydrogen-bond donors (Lipinski definition) is 1. The highest BCUT2D eigenvalue weighted by molar-refractivity contribution is 5.37. The van der Waals surface area contributed by atoms with Crippen LogP contribution in [0.1, 0.15) is 18.4 Å². The lowest BCUT2D eigenvalue weighted by molar-refractivity contribution is 0.183. The van der Waals surface area contributed by atoms with Gasteiger partial charge < -0.3 is 14.8 Å². The summed E-state index contributed by atoms with van der Waals surface area (Å²) < 4.78 is 24.2. The van der Waals surface area contributed by atoms with Gasteiger partial charge in [0.15, 0.2) is 0 Å². The Kier molecular flexibility index (Phi) is 3.99. The molecule has 2 heterocycles. The van der Waals surface area contributed by atoms with Crippen molar-refractivity contribution in [3.8, 4) is 5.75 Å². The first-order chi connectivity index (χ1) is 9.31. The lowest BCUT2D eigenvalue weighted by Gasteiger charge is -2.13. The van der Waals surface area contributed by atoms with E-state index in [9.17, 15) is 4.39 Å². The van der Waals surface area contributed by atoms with Crippen molar-refractivity contribution < 1.29 is 13.9 Å². The lowest BCUT2D eigenvalue weighted by atomic mass is 10.1. The Labute approximate surface area is 113 Å². The van der Waals surface area contributed by atoms with Gasteiger partial charge in [-0.3, -0.25) is 0 Å². The zero-order valence-electron chi connectivity index (χ0n) is 11.0. The monoisotopic (exact) mass is 265 g/mol. The zero-order chi connectivity index (χ0) is 13.1. The first kappa shape index (κ1) is 12.9. The summed E-state index contributed by atoms with van der Waals surface area (Å²) in [5, 5.41) is 3.43. The summed E-state index contributed by atoms with van der Waals surface area (Å²) >= 11 is 0. The molecule has 0 aromatic heterocycles. The lowest BCUT2D eigenvalue weighted by Crippen LogP contribution is -2.31. The van der Waals surface area contributed by atoms with Crippen LogP contribution in [0.2, 0.25) is 0 Å². The molecule has 1 aromatic carbocycles.